The molecule has 19 heavy (non-hydrogen) atoms. The van der Waals surface area contributed by atoms with Crippen molar-refractivity contribution in [2.45, 2.75) is 44.1 Å². The summed E-state index contributed by atoms with van der Waals surface area (Å²) in [6, 6.07) is 0. The number of hydrogen-bond acceptors (Lipinski definition) is 4. The Morgan fingerprint density at radius 2 is 1.95 bits per heavy atom. The molecule has 110 valence electrons. The van der Waals surface area contributed by atoms with Crippen LogP contribution in [-0.4, -0.2) is 54.0 Å². The van der Waals surface area contributed by atoms with Crippen molar-refractivity contribution in [1.29, 1.82) is 0 Å². The van der Waals surface area contributed by atoms with Crippen LogP contribution in [0.1, 0.15) is 38.5 Å². The molecule has 5 heteroatoms. The summed E-state index contributed by atoms with van der Waals surface area (Å²) in [5.41, 5.74) is 5.70. The average molecular weight is 285 g/mol. The van der Waals surface area contributed by atoms with Crippen LogP contribution in [0.5, 0.6) is 0 Å². The SMILES string of the molecule is NCCCC(=O)NCC1(N2CCSCC2)CCCC1. The molecule has 0 aromatic carbocycles. The lowest BCUT2D eigenvalue weighted by Crippen LogP contribution is -2.56. The van der Waals surface area contributed by atoms with Gasteiger partial charge in [-0.25, -0.2) is 0 Å². The topological polar surface area (TPSA) is 58.4 Å². The summed E-state index contributed by atoms with van der Waals surface area (Å²) in [6.07, 6.45) is 6.47. The van der Waals surface area contributed by atoms with Crippen molar-refractivity contribution in [3.63, 3.8) is 0 Å². The van der Waals surface area contributed by atoms with E-state index in [1.54, 1.807) is 0 Å². The third-order valence-electron chi connectivity index (χ3n) is 4.44. The summed E-state index contributed by atoms with van der Waals surface area (Å²) in [4.78, 5) is 14.4. The van der Waals surface area contributed by atoms with Gasteiger partial charge in [0.15, 0.2) is 0 Å². The maximum Gasteiger partial charge on any atom is 0.220 e. The second kappa shape index (κ2) is 7.50. The van der Waals surface area contributed by atoms with Gasteiger partial charge in [-0.15, -0.1) is 0 Å². The molecule has 2 rings (SSSR count). The second-order valence-corrected chi connectivity index (χ2v) is 6.92. The van der Waals surface area contributed by atoms with E-state index in [4.69, 9.17) is 5.73 Å². The van der Waals surface area contributed by atoms with Crippen LogP contribution in [0.15, 0.2) is 0 Å². The minimum atomic E-state index is 0.170. The minimum absolute atomic E-state index is 0.170. The fraction of sp³-hybridized carbons (Fsp3) is 0.929. The monoisotopic (exact) mass is 285 g/mol. The first kappa shape index (κ1) is 15.1. The Hall–Kier alpha value is -0.260. The van der Waals surface area contributed by atoms with Crippen molar-refractivity contribution in [3.8, 4) is 0 Å². The first-order chi connectivity index (χ1) is 9.27. The maximum atomic E-state index is 11.8. The molecule has 0 bridgehead atoms. The van der Waals surface area contributed by atoms with Gasteiger partial charge in [-0.1, -0.05) is 12.8 Å². The van der Waals surface area contributed by atoms with Gasteiger partial charge in [-0.2, -0.15) is 11.8 Å². The maximum absolute atomic E-state index is 11.8. The van der Waals surface area contributed by atoms with Crippen molar-refractivity contribution < 1.29 is 4.79 Å². The molecule has 1 amide bonds. The van der Waals surface area contributed by atoms with Gasteiger partial charge in [-0.3, -0.25) is 9.69 Å². The van der Waals surface area contributed by atoms with Crippen molar-refractivity contribution in [3.05, 3.63) is 0 Å². The van der Waals surface area contributed by atoms with Gasteiger partial charge in [0.05, 0.1) is 0 Å². The van der Waals surface area contributed by atoms with E-state index in [2.05, 4.69) is 10.2 Å². The Balaban J connectivity index is 1.86. The molecule has 0 aromatic rings. The summed E-state index contributed by atoms with van der Waals surface area (Å²) in [6.45, 7) is 3.80. The second-order valence-electron chi connectivity index (χ2n) is 5.70. The minimum Gasteiger partial charge on any atom is -0.354 e. The number of hydrogen-bond donors (Lipinski definition) is 2. The number of carbonyl (C=O) groups excluding carboxylic acids is 1. The van der Waals surface area contributed by atoms with E-state index in [0.717, 1.165) is 13.0 Å². The van der Waals surface area contributed by atoms with Gasteiger partial charge in [0.1, 0.15) is 0 Å². The Morgan fingerprint density at radius 1 is 1.26 bits per heavy atom. The lowest BCUT2D eigenvalue weighted by molar-refractivity contribution is -0.121. The van der Waals surface area contributed by atoms with E-state index in [1.165, 1.54) is 50.3 Å². The first-order valence-corrected chi connectivity index (χ1v) is 8.72. The predicted molar refractivity (Wildman–Crippen MR) is 81.4 cm³/mol. The van der Waals surface area contributed by atoms with Crippen molar-refractivity contribution in [2.24, 2.45) is 5.73 Å². The molecule has 2 aliphatic rings. The van der Waals surface area contributed by atoms with Crippen LogP contribution in [0.3, 0.4) is 0 Å². The Labute approximate surface area is 120 Å². The van der Waals surface area contributed by atoms with E-state index in [9.17, 15) is 4.79 Å². The van der Waals surface area contributed by atoms with Crippen LogP contribution in [0.4, 0.5) is 0 Å². The molecule has 0 aromatic heterocycles. The highest BCUT2D eigenvalue weighted by molar-refractivity contribution is 7.99. The molecular weight excluding hydrogens is 258 g/mol. The van der Waals surface area contributed by atoms with Gasteiger partial charge >= 0.3 is 0 Å². The molecule has 3 N–H and O–H groups in total. The third kappa shape index (κ3) is 4.10. The van der Waals surface area contributed by atoms with Crippen LogP contribution in [-0.2, 0) is 4.79 Å². The zero-order valence-corrected chi connectivity index (χ0v) is 12.6. The number of rotatable bonds is 6. The summed E-state index contributed by atoms with van der Waals surface area (Å²) in [7, 11) is 0. The van der Waals surface area contributed by atoms with Crippen molar-refractivity contribution >= 4 is 17.7 Å². The summed E-state index contributed by atoms with van der Waals surface area (Å²) in [5.74, 6) is 2.65. The molecule has 1 heterocycles. The summed E-state index contributed by atoms with van der Waals surface area (Å²) >= 11 is 2.05. The molecule has 0 unspecified atom stereocenters. The Kier molecular flexibility index (Phi) is 5.98. The summed E-state index contributed by atoms with van der Waals surface area (Å²) in [5, 5.41) is 3.15. The van der Waals surface area contributed by atoms with Gasteiger partial charge in [0, 0.05) is 43.1 Å². The largest absolute Gasteiger partial charge is 0.354 e. The molecule has 2 fully saturated rings. The van der Waals surface area contributed by atoms with Crippen LogP contribution < -0.4 is 11.1 Å². The predicted octanol–water partition coefficient (Wildman–Crippen LogP) is 1.20. The normalized spacial score (nSPS) is 23.4. The third-order valence-corrected chi connectivity index (χ3v) is 5.38. The number of amides is 1. The summed E-state index contributed by atoms with van der Waals surface area (Å²) < 4.78 is 0. The fourth-order valence-electron chi connectivity index (χ4n) is 3.29. The van der Waals surface area contributed by atoms with Crippen molar-refractivity contribution in [2.75, 3.05) is 37.7 Å². The first-order valence-electron chi connectivity index (χ1n) is 7.56. The van der Waals surface area contributed by atoms with Gasteiger partial charge in [-0.05, 0) is 25.8 Å². The number of carbonyl (C=O) groups is 1. The lowest BCUT2D eigenvalue weighted by Gasteiger charge is -2.43. The van der Waals surface area contributed by atoms with Crippen LogP contribution in [0, 0.1) is 0 Å². The number of nitrogens with one attached hydrogen (secondary N) is 1. The molecule has 1 saturated heterocycles. The van der Waals surface area contributed by atoms with Gasteiger partial charge in [0.25, 0.3) is 0 Å². The van der Waals surface area contributed by atoms with Gasteiger partial charge < -0.3 is 11.1 Å². The highest BCUT2D eigenvalue weighted by atomic mass is 32.2. The molecular formula is C14H27N3OS. The molecule has 1 saturated carbocycles. The Morgan fingerprint density at radius 3 is 2.58 bits per heavy atom. The zero-order chi connectivity index (χ0) is 13.6. The molecule has 0 atom stereocenters. The number of nitrogens with two attached hydrogens (primary N) is 1. The van der Waals surface area contributed by atoms with E-state index in [0.29, 0.717) is 13.0 Å². The molecule has 4 nitrogen and oxygen atoms in total. The molecule has 1 aliphatic carbocycles. The van der Waals surface area contributed by atoms with Crippen LogP contribution in [0.25, 0.3) is 0 Å². The number of thioether (sulfide) groups is 1. The number of nitrogens with zero attached hydrogens (tertiary/aromatic N) is 1. The van der Waals surface area contributed by atoms with Crippen molar-refractivity contribution in [1.82, 2.24) is 10.2 Å². The highest BCUT2D eigenvalue weighted by Gasteiger charge is 2.39. The molecule has 0 radical (unpaired) electrons. The van der Waals surface area contributed by atoms with Gasteiger partial charge in [0.2, 0.25) is 5.91 Å². The van der Waals surface area contributed by atoms with Crippen LogP contribution >= 0.6 is 11.8 Å². The quantitative estimate of drug-likeness (QED) is 0.770. The van der Waals surface area contributed by atoms with E-state index in [1.807, 2.05) is 11.8 Å². The Bertz CT molecular complexity index is 286. The molecule has 0 spiro atoms. The molecule has 1 aliphatic heterocycles. The highest BCUT2D eigenvalue weighted by Crippen LogP contribution is 2.36. The fourth-order valence-corrected chi connectivity index (χ4v) is 4.19. The standard InChI is InChI=1S/C14H27N3OS/c15-7-3-4-13(18)16-12-14(5-1-2-6-14)17-8-10-19-11-9-17/h1-12,15H2,(H,16,18). The van der Waals surface area contributed by atoms with E-state index < -0.39 is 0 Å². The zero-order valence-electron chi connectivity index (χ0n) is 11.8. The van der Waals surface area contributed by atoms with E-state index in [-0.39, 0.29) is 11.4 Å². The van der Waals surface area contributed by atoms with E-state index >= 15 is 0 Å². The average Bonchev–Trinajstić information content (AvgIpc) is 2.94. The van der Waals surface area contributed by atoms with Crippen LogP contribution in [0.2, 0.25) is 0 Å². The smallest absolute Gasteiger partial charge is 0.220 e. The lowest BCUT2D eigenvalue weighted by atomic mass is 9.94.